The lowest BCUT2D eigenvalue weighted by Crippen LogP contribution is -2.52. The number of rotatable bonds is 3. The van der Waals surface area contributed by atoms with Crippen LogP contribution in [0.1, 0.15) is 35.5 Å². The summed E-state index contributed by atoms with van der Waals surface area (Å²) in [5, 5.41) is 13.1. The van der Waals surface area contributed by atoms with Crippen LogP contribution in [-0.4, -0.2) is 26.5 Å². The predicted octanol–water partition coefficient (Wildman–Crippen LogP) is 1.58. The Labute approximate surface area is 158 Å². The van der Waals surface area contributed by atoms with E-state index in [1.807, 2.05) is 24.3 Å². The molecule has 0 unspecified atom stereocenters. The second-order valence-electron chi connectivity index (χ2n) is 6.87. The van der Waals surface area contributed by atoms with Crippen LogP contribution < -0.4 is 10.7 Å². The average Bonchev–Trinajstić information content (AvgIpc) is 3.23. The number of aromatic nitrogens is 3. The van der Waals surface area contributed by atoms with Crippen LogP contribution in [0.2, 0.25) is 0 Å². The Morgan fingerprint density at radius 2 is 2.00 bits per heavy atom. The zero-order chi connectivity index (χ0) is 19.9. The third-order valence-corrected chi connectivity index (χ3v) is 4.91. The molecule has 28 heavy (non-hydrogen) atoms. The van der Waals surface area contributed by atoms with Gasteiger partial charge in [-0.05, 0) is 37.8 Å². The summed E-state index contributed by atoms with van der Waals surface area (Å²) >= 11 is 0. The predicted molar refractivity (Wildman–Crippen MR) is 96.3 cm³/mol. The maximum Gasteiger partial charge on any atom is 0.435 e. The molecule has 0 saturated carbocycles. The summed E-state index contributed by atoms with van der Waals surface area (Å²) in [6, 6.07) is 9.33. The molecule has 0 atom stereocenters. The molecular formula is C19H19F3N5O+. The van der Waals surface area contributed by atoms with Crippen LogP contribution in [0.25, 0.3) is 10.9 Å². The molecule has 1 amide bonds. The Kier molecular flexibility index (Phi) is 4.44. The Hall–Kier alpha value is -3.10. The molecule has 0 bridgehead atoms. The number of halogens is 3. The van der Waals surface area contributed by atoms with Gasteiger partial charge >= 0.3 is 12.1 Å². The van der Waals surface area contributed by atoms with Crippen LogP contribution in [-0.2, 0) is 30.4 Å². The van der Waals surface area contributed by atoms with Crippen molar-refractivity contribution in [1.82, 2.24) is 20.1 Å². The number of amidine groups is 1. The smallest absolute Gasteiger partial charge is 0.348 e. The molecule has 3 aromatic rings. The standard InChI is InChI=1S/C19H18F3N5O/c20-19(21,22)17-12-6-2-4-8-15(12)27(26-17)10-16(28)25-18(23)14-9-11-5-1-3-7-13(11)24-14/h1,3,5,7,9,24H,2,4,6,8,10H2,(H2,23,25,28)/p+1. The van der Waals surface area contributed by atoms with Gasteiger partial charge in [0.05, 0.1) is 0 Å². The molecule has 0 spiro atoms. The summed E-state index contributed by atoms with van der Waals surface area (Å²) < 4.78 is 40.9. The van der Waals surface area contributed by atoms with Crippen molar-refractivity contribution >= 4 is 22.6 Å². The van der Waals surface area contributed by atoms with E-state index in [-0.39, 0.29) is 17.9 Å². The number of nitrogens with zero attached hydrogens (tertiary/aromatic N) is 2. The third kappa shape index (κ3) is 3.39. The molecular weight excluding hydrogens is 371 g/mol. The van der Waals surface area contributed by atoms with Crippen molar-refractivity contribution in [2.45, 2.75) is 38.4 Å². The van der Waals surface area contributed by atoms with Crippen molar-refractivity contribution in [2.24, 2.45) is 0 Å². The molecule has 1 aliphatic carbocycles. The van der Waals surface area contributed by atoms with E-state index in [4.69, 9.17) is 5.41 Å². The minimum atomic E-state index is -4.53. The lowest BCUT2D eigenvalue weighted by atomic mass is 9.95. The molecule has 2 heterocycles. The highest BCUT2D eigenvalue weighted by Gasteiger charge is 2.39. The highest BCUT2D eigenvalue weighted by Crippen LogP contribution is 2.35. The van der Waals surface area contributed by atoms with Crippen molar-refractivity contribution in [3.05, 3.63) is 53.0 Å². The lowest BCUT2D eigenvalue weighted by molar-refractivity contribution is -0.142. The molecule has 4 N–H and O–H groups in total. The van der Waals surface area contributed by atoms with E-state index < -0.39 is 17.8 Å². The maximum absolute atomic E-state index is 13.3. The van der Waals surface area contributed by atoms with Gasteiger partial charge in [-0.25, -0.2) is 10.1 Å². The van der Waals surface area contributed by atoms with Crippen LogP contribution >= 0.6 is 0 Å². The first-order chi connectivity index (χ1) is 13.3. The Morgan fingerprint density at radius 1 is 1.25 bits per heavy atom. The summed E-state index contributed by atoms with van der Waals surface area (Å²) in [5.74, 6) is -0.418. The molecule has 0 radical (unpaired) electrons. The Bertz CT molecular complexity index is 1030. The summed E-state index contributed by atoms with van der Waals surface area (Å²) in [7, 11) is 0. The summed E-state index contributed by atoms with van der Waals surface area (Å²) in [5.41, 5.74) is 1.21. The van der Waals surface area contributed by atoms with Crippen molar-refractivity contribution < 1.29 is 23.4 Å². The van der Waals surface area contributed by atoms with Gasteiger partial charge in [-0.1, -0.05) is 18.2 Å². The number of nitrogens with two attached hydrogens (primary N) is 1. The molecule has 4 rings (SSSR count). The number of H-pyrrole nitrogens is 1. The van der Waals surface area contributed by atoms with Gasteiger partial charge in [0.2, 0.25) is 0 Å². The molecule has 2 aromatic heterocycles. The fraction of sp³-hybridized carbons (Fsp3) is 0.316. The Morgan fingerprint density at radius 3 is 2.75 bits per heavy atom. The average molecular weight is 390 g/mol. The van der Waals surface area contributed by atoms with E-state index in [1.54, 1.807) is 6.07 Å². The fourth-order valence-corrected chi connectivity index (χ4v) is 3.64. The zero-order valence-electron chi connectivity index (χ0n) is 14.9. The van der Waals surface area contributed by atoms with Gasteiger partial charge < -0.3 is 4.98 Å². The summed E-state index contributed by atoms with van der Waals surface area (Å²) in [6.07, 6.45) is -2.25. The minimum absolute atomic E-state index is 0.110. The summed E-state index contributed by atoms with van der Waals surface area (Å²) in [6.45, 7) is -0.320. The number of carbonyl (C=O) groups excluding carboxylic acids is 1. The van der Waals surface area contributed by atoms with Gasteiger partial charge in [0.15, 0.2) is 5.69 Å². The normalized spacial score (nSPS) is 14.1. The topological polar surface area (TPSA) is 88.3 Å². The van der Waals surface area contributed by atoms with E-state index in [0.29, 0.717) is 30.7 Å². The van der Waals surface area contributed by atoms with Gasteiger partial charge in [0.1, 0.15) is 12.2 Å². The monoisotopic (exact) mass is 390 g/mol. The lowest BCUT2D eigenvalue weighted by Gasteiger charge is -2.14. The SMILES string of the molecule is [NH2+]=C(NC(=O)Cn1nc(C(F)(F)F)c2c1CCCC2)c1cc2ccccc2[nH]1. The highest BCUT2D eigenvalue weighted by molar-refractivity contribution is 6.05. The molecule has 1 aliphatic rings. The number of fused-ring (bicyclic) bond motifs is 2. The maximum atomic E-state index is 13.3. The molecule has 6 nitrogen and oxygen atoms in total. The second kappa shape index (κ2) is 6.81. The number of para-hydroxylation sites is 1. The Balaban J connectivity index is 1.52. The first-order valence-corrected chi connectivity index (χ1v) is 8.99. The molecule has 0 fully saturated rings. The number of carbonyl (C=O) groups is 1. The zero-order valence-corrected chi connectivity index (χ0v) is 14.9. The molecule has 1 aromatic carbocycles. The number of nitrogens with one attached hydrogen (secondary N) is 2. The van der Waals surface area contributed by atoms with Gasteiger partial charge in [-0.2, -0.15) is 18.3 Å². The summed E-state index contributed by atoms with van der Waals surface area (Å²) in [4.78, 5) is 15.5. The van der Waals surface area contributed by atoms with E-state index >= 15 is 0 Å². The first-order valence-electron chi connectivity index (χ1n) is 8.99. The van der Waals surface area contributed by atoms with Gasteiger partial charge in [-0.15, -0.1) is 0 Å². The second-order valence-corrected chi connectivity index (χ2v) is 6.87. The van der Waals surface area contributed by atoms with Crippen LogP contribution in [0.3, 0.4) is 0 Å². The minimum Gasteiger partial charge on any atom is -0.348 e. The number of benzene rings is 1. The van der Waals surface area contributed by atoms with E-state index in [9.17, 15) is 18.0 Å². The first kappa shape index (κ1) is 18.3. The van der Waals surface area contributed by atoms with Gasteiger partial charge in [0, 0.05) is 22.2 Å². The molecule has 0 saturated heterocycles. The van der Waals surface area contributed by atoms with Crippen LogP contribution in [0.15, 0.2) is 30.3 Å². The largest absolute Gasteiger partial charge is 0.435 e. The number of alkyl halides is 3. The number of aromatic amines is 1. The number of hydrogen-bond donors (Lipinski definition) is 3. The van der Waals surface area contributed by atoms with Crippen LogP contribution in [0.4, 0.5) is 13.2 Å². The van der Waals surface area contributed by atoms with Crippen LogP contribution in [0.5, 0.6) is 0 Å². The van der Waals surface area contributed by atoms with E-state index in [0.717, 1.165) is 22.0 Å². The third-order valence-electron chi connectivity index (χ3n) is 4.91. The van der Waals surface area contributed by atoms with Crippen molar-refractivity contribution in [2.75, 3.05) is 0 Å². The molecule has 9 heteroatoms. The van der Waals surface area contributed by atoms with E-state index in [2.05, 4.69) is 15.4 Å². The number of amides is 1. The highest BCUT2D eigenvalue weighted by atomic mass is 19.4. The van der Waals surface area contributed by atoms with Crippen molar-refractivity contribution in [3.8, 4) is 0 Å². The quantitative estimate of drug-likeness (QED) is 0.468. The van der Waals surface area contributed by atoms with Crippen molar-refractivity contribution in [1.29, 1.82) is 0 Å². The van der Waals surface area contributed by atoms with Crippen molar-refractivity contribution in [3.63, 3.8) is 0 Å². The fourth-order valence-electron chi connectivity index (χ4n) is 3.64. The van der Waals surface area contributed by atoms with Crippen LogP contribution in [0, 0.1) is 0 Å². The molecule has 146 valence electrons. The van der Waals surface area contributed by atoms with E-state index in [1.165, 1.54) is 0 Å². The van der Waals surface area contributed by atoms with Gasteiger partial charge in [-0.3, -0.25) is 10.1 Å². The van der Waals surface area contributed by atoms with Gasteiger partial charge in [0.25, 0.3) is 5.84 Å². The molecule has 0 aliphatic heterocycles. The number of hydrogen-bond acceptors (Lipinski definition) is 2.